The summed E-state index contributed by atoms with van der Waals surface area (Å²) in [5.41, 5.74) is 2.53. The van der Waals surface area contributed by atoms with Crippen LogP contribution in [0.25, 0.3) is 0 Å². The third kappa shape index (κ3) is 11.1. The maximum Gasteiger partial charge on any atom is 0.129 e. The van der Waals surface area contributed by atoms with Crippen LogP contribution < -0.4 is 0 Å². The number of unbranched alkanes of at least 4 members (excludes halogenated alkanes) is 10. The Kier molecular flexibility index (Phi) is 15.7. The number of aromatic hydroxyl groups is 2. The van der Waals surface area contributed by atoms with Gasteiger partial charge < -0.3 is 10.2 Å². The van der Waals surface area contributed by atoms with Crippen LogP contribution in [0.15, 0.2) is 46.2 Å². The minimum atomic E-state index is 0. The summed E-state index contributed by atoms with van der Waals surface area (Å²) in [5.74, 6) is 0.579. The minimum Gasteiger partial charge on any atom is -0.507 e. The van der Waals surface area contributed by atoms with Crippen molar-refractivity contribution in [2.75, 3.05) is 0 Å². The third-order valence-electron chi connectivity index (χ3n) is 5.91. The molecule has 0 unspecified atom stereocenters. The van der Waals surface area contributed by atoms with Crippen molar-refractivity contribution in [2.24, 2.45) is 0 Å². The average Bonchev–Trinajstić information content (AvgIpc) is 2.77. The molecule has 0 radical (unpaired) electrons. The summed E-state index contributed by atoms with van der Waals surface area (Å²) >= 11 is 1.47. The van der Waals surface area contributed by atoms with Gasteiger partial charge in [-0.3, -0.25) is 0 Å². The first-order valence-corrected chi connectivity index (χ1v) is 13.3. The van der Waals surface area contributed by atoms with Gasteiger partial charge in [-0.1, -0.05) is 102 Å². The van der Waals surface area contributed by atoms with Crippen molar-refractivity contribution in [2.45, 2.75) is 114 Å². The summed E-state index contributed by atoms with van der Waals surface area (Å²) in [6.07, 6.45) is 17.5. The molecule has 2 rings (SSSR count). The second-order valence-corrected chi connectivity index (χ2v) is 9.83. The molecule has 2 aromatic carbocycles. The first kappa shape index (κ1) is 28.9. The fourth-order valence-corrected chi connectivity index (χ4v) is 4.93. The first-order valence-electron chi connectivity index (χ1n) is 12.5. The molecule has 0 aliphatic rings. The Morgan fingerprint density at radius 3 is 1.34 bits per heavy atom. The van der Waals surface area contributed by atoms with Gasteiger partial charge >= 0.3 is 0 Å². The summed E-state index contributed by atoms with van der Waals surface area (Å²) in [6.45, 7) is 4.50. The summed E-state index contributed by atoms with van der Waals surface area (Å²) in [4.78, 5) is 1.66. The molecule has 0 fully saturated rings. The Balaban J connectivity index is 0.00000512. The quantitative estimate of drug-likeness (QED) is 0.178. The minimum absolute atomic E-state index is 0. The molecular formula is C28H42NiO2S. The summed E-state index contributed by atoms with van der Waals surface area (Å²) in [6, 6.07) is 11.8. The van der Waals surface area contributed by atoms with Crippen molar-refractivity contribution in [1.82, 2.24) is 0 Å². The van der Waals surface area contributed by atoms with Crippen molar-refractivity contribution < 1.29 is 26.7 Å². The number of phenols is 2. The van der Waals surface area contributed by atoms with Gasteiger partial charge in [-0.2, -0.15) is 0 Å². The van der Waals surface area contributed by atoms with Gasteiger partial charge in [-0.05, 0) is 61.1 Å². The molecule has 0 bridgehead atoms. The fourth-order valence-electron chi connectivity index (χ4n) is 3.93. The zero-order valence-electron chi connectivity index (χ0n) is 20.0. The van der Waals surface area contributed by atoms with Gasteiger partial charge in [0.1, 0.15) is 11.5 Å². The monoisotopic (exact) mass is 500 g/mol. The van der Waals surface area contributed by atoms with E-state index in [0.717, 1.165) is 22.6 Å². The van der Waals surface area contributed by atoms with Gasteiger partial charge in [0.2, 0.25) is 0 Å². The standard InChI is InChI=1S/C28H42O2S.Ni/c1-3-5-7-9-11-13-15-23-17-19-25(29)27(21-23)31-28-22-24(18-20-26(28)30)16-14-12-10-8-6-4-2;/h17-22,29-30H,3-16H2,1-2H3;. The van der Waals surface area contributed by atoms with Crippen LogP contribution in [-0.4, -0.2) is 10.2 Å². The van der Waals surface area contributed by atoms with Gasteiger partial charge in [0.15, 0.2) is 0 Å². The molecule has 0 aromatic heterocycles. The predicted octanol–water partition coefficient (Wildman–Crippen LogP) is 9.05. The largest absolute Gasteiger partial charge is 0.507 e. The van der Waals surface area contributed by atoms with E-state index in [4.69, 9.17) is 0 Å². The Morgan fingerprint density at radius 1 is 0.562 bits per heavy atom. The zero-order valence-corrected chi connectivity index (χ0v) is 21.8. The zero-order chi connectivity index (χ0) is 22.3. The molecule has 182 valence electrons. The number of rotatable bonds is 16. The molecule has 0 aliphatic carbocycles. The van der Waals surface area contributed by atoms with E-state index in [9.17, 15) is 10.2 Å². The Bertz CT molecular complexity index is 700. The Labute approximate surface area is 210 Å². The van der Waals surface area contributed by atoms with Crippen LogP contribution >= 0.6 is 11.8 Å². The fraction of sp³-hybridized carbons (Fsp3) is 0.571. The van der Waals surface area contributed by atoms with Crippen molar-refractivity contribution in [3.8, 4) is 11.5 Å². The van der Waals surface area contributed by atoms with Crippen LogP contribution in [0.5, 0.6) is 11.5 Å². The summed E-state index contributed by atoms with van der Waals surface area (Å²) in [5, 5.41) is 20.7. The van der Waals surface area contributed by atoms with E-state index in [1.807, 2.05) is 12.1 Å². The molecule has 0 saturated carbocycles. The smallest absolute Gasteiger partial charge is 0.129 e. The van der Waals surface area contributed by atoms with E-state index in [1.54, 1.807) is 12.1 Å². The Morgan fingerprint density at radius 2 is 0.938 bits per heavy atom. The number of benzene rings is 2. The molecule has 0 amide bonds. The van der Waals surface area contributed by atoms with Crippen LogP contribution in [0.2, 0.25) is 0 Å². The van der Waals surface area contributed by atoms with Crippen molar-refractivity contribution in [1.29, 1.82) is 0 Å². The van der Waals surface area contributed by atoms with Gasteiger partial charge in [-0.25, -0.2) is 0 Å². The average molecular weight is 501 g/mol. The van der Waals surface area contributed by atoms with Gasteiger partial charge in [0, 0.05) is 16.5 Å². The predicted molar refractivity (Wildman–Crippen MR) is 134 cm³/mol. The number of aryl methyl sites for hydroxylation is 2. The number of hydrogen-bond acceptors (Lipinski definition) is 3. The van der Waals surface area contributed by atoms with Gasteiger partial charge in [0.05, 0.1) is 9.79 Å². The second-order valence-electron chi connectivity index (χ2n) is 8.74. The van der Waals surface area contributed by atoms with E-state index < -0.39 is 0 Å². The first-order chi connectivity index (χ1) is 15.1. The molecule has 32 heavy (non-hydrogen) atoms. The molecule has 0 atom stereocenters. The number of hydrogen-bond donors (Lipinski definition) is 2. The van der Waals surface area contributed by atoms with E-state index in [1.165, 1.54) is 99.9 Å². The van der Waals surface area contributed by atoms with Gasteiger partial charge in [-0.15, -0.1) is 0 Å². The van der Waals surface area contributed by atoms with Crippen LogP contribution in [0.1, 0.15) is 102 Å². The molecule has 0 heterocycles. The van der Waals surface area contributed by atoms with Crippen LogP contribution in [0.4, 0.5) is 0 Å². The van der Waals surface area contributed by atoms with E-state index in [-0.39, 0.29) is 28.0 Å². The van der Waals surface area contributed by atoms with Crippen LogP contribution in [-0.2, 0) is 29.3 Å². The molecular weight excluding hydrogens is 459 g/mol. The molecule has 2 aromatic rings. The van der Waals surface area contributed by atoms with E-state index >= 15 is 0 Å². The number of phenolic OH excluding ortho intramolecular Hbond substituents is 2. The van der Waals surface area contributed by atoms with E-state index in [0.29, 0.717) is 0 Å². The van der Waals surface area contributed by atoms with Gasteiger partial charge in [0.25, 0.3) is 0 Å². The summed E-state index contributed by atoms with van der Waals surface area (Å²) in [7, 11) is 0. The molecule has 0 aliphatic heterocycles. The van der Waals surface area contributed by atoms with Crippen molar-refractivity contribution in [3.05, 3.63) is 47.5 Å². The maximum absolute atomic E-state index is 10.4. The van der Waals surface area contributed by atoms with E-state index in [2.05, 4.69) is 26.0 Å². The second kappa shape index (κ2) is 17.4. The molecule has 2 N–H and O–H groups in total. The van der Waals surface area contributed by atoms with Crippen LogP contribution in [0, 0.1) is 0 Å². The van der Waals surface area contributed by atoms with Crippen molar-refractivity contribution >= 4 is 11.8 Å². The van der Waals surface area contributed by atoms with Crippen LogP contribution in [0.3, 0.4) is 0 Å². The topological polar surface area (TPSA) is 40.5 Å². The van der Waals surface area contributed by atoms with Crippen molar-refractivity contribution in [3.63, 3.8) is 0 Å². The molecule has 2 nitrogen and oxygen atoms in total. The molecule has 0 saturated heterocycles. The SMILES string of the molecule is CCCCCCCCc1ccc(O)c(Sc2cc(CCCCCCCC)ccc2O)c1.[Ni]. The third-order valence-corrected chi connectivity index (χ3v) is 7.00. The summed E-state index contributed by atoms with van der Waals surface area (Å²) < 4.78 is 0. The molecule has 4 heteroatoms. The maximum atomic E-state index is 10.4. The molecule has 0 spiro atoms. The normalized spacial score (nSPS) is 10.8. The Hall–Kier alpha value is -1.12.